The van der Waals surface area contributed by atoms with Crippen molar-refractivity contribution in [2.24, 2.45) is 0 Å². The highest BCUT2D eigenvalue weighted by molar-refractivity contribution is 5.26. The standard InChI is InChI=1S/C13H20O.C2H6/c1-3-4-5-6-11-14-13-9-7-12(2)8-10-13;1-2/h7-10H,3-6,11H2,1-2H3;1-2H3. The molecule has 0 N–H and O–H groups in total. The second-order valence-corrected chi connectivity index (χ2v) is 3.72. The molecule has 1 rings (SSSR count). The molecular formula is C15H26O. The summed E-state index contributed by atoms with van der Waals surface area (Å²) in [5.41, 5.74) is 1.28. The first-order valence-electron chi connectivity index (χ1n) is 6.52. The van der Waals surface area contributed by atoms with Crippen LogP contribution in [0.5, 0.6) is 5.75 Å². The fourth-order valence-electron chi connectivity index (χ4n) is 1.35. The van der Waals surface area contributed by atoms with Gasteiger partial charge in [-0.05, 0) is 25.5 Å². The lowest BCUT2D eigenvalue weighted by molar-refractivity contribution is 0.305. The Bertz CT molecular complexity index is 238. The van der Waals surface area contributed by atoms with Gasteiger partial charge in [-0.15, -0.1) is 0 Å². The molecular weight excluding hydrogens is 196 g/mol. The molecule has 0 heterocycles. The maximum absolute atomic E-state index is 5.61. The summed E-state index contributed by atoms with van der Waals surface area (Å²) in [5, 5.41) is 0. The molecule has 16 heavy (non-hydrogen) atoms. The number of ether oxygens (including phenoxy) is 1. The fraction of sp³-hybridized carbons (Fsp3) is 0.600. The van der Waals surface area contributed by atoms with Gasteiger partial charge in [-0.25, -0.2) is 0 Å². The van der Waals surface area contributed by atoms with E-state index in [1.807, 2.05) is 26.0 Å². The third kappa shape index (κ3) is 7.33. The minimum atomic E-state index is 0.850. The van der Waals surface area contributed by atoms with Crippen LogP contribution in [0.25, 0.3) is 0 Å². The molecule has 1 aromatic rings. The van der Waals surface area contributed by atoms with Crippen molar-refractivity contribution in [1.82, 2.24) is 0 Å². The van der Waals surface area contributed by atoms with Crippen LogP contribution in [0.3, 0.4) is 0 Å². The summed E-state index contributed by atoms with van der Waals surface area (Å²) in [6, 6.07) is 8.24. The van der Waals surface area contributed by atoms with Crippen molar-refractivity contribution < 1.29 is 4.74 Å². The van der Waals surface area contributed by atoms with Gasteiger partial charge in [0.1, 0.15) is 5.75 Å². The molecule has 0 aliphatic carbocycles. The van der Waals surface area contributed by atoms with Crippen LogP contribution in [0, 0.1) is 6.92 Å². The summed E-state index contributed by atoms with van der Waals surface area (Å²) in [4.78, 5) is 0. The van der Waals surface area contributed by atoms with Crippen LogP contribution in [0.15, 0.2) is 24.3 Å². The first-order chi connectivity index (χ1) is 7.83. The Hall–Kier alpha value is -0.980. The van der Waals surface area contributed by atoms with Gasteiger partial charge in [0, 0.05) is 0 Å². The number of rotatable bonds is 6. The van der Waals surface area contributed by atoms with Crippen molar-refractivity contribution in [3.63, 3.8) is 0 Å². The molecule has 0 saturated heterocycles. The summed E-state index contributed by atoms with van der Waals surface area (Å²) >= 11 is 0. The Labute approximate surface area is 101 Å². The molecule has 0 spiro atoms. The molecule has 92 valence electrons. The van der Waals surface area contributed by atoms with Crippen LogP contribution in [0.2, 0.25) is 0 Å². The summed E-state index contributed by atoms with van der Waals surface area (Å²) in [5.74, 6) is 0.993. The smallest absolute Gasteiger partial charge is 0.119 e. The Morgan fingerprint density at radius 1 is 0.938 bits per heavy atom. The first-order valence-corrected chi connectivity index (χ1v) is 6.52. The molecule has 0 saturated carbocycles. The van der Waals surface area contributed by atoms with Crippen molar-refractivity contribution >= 4 is 0 Å². The molecule has 0 aromatic heterocycles. The zero-order valence-electron chi connectivity index (χ0n) is 11.3. The van der Waals surface area contributed by atoms with Crippen molar-refractivity contribution in [3.8, 4) is 5.75 Å². The van der Waals surface area contributed by atoms with E-state index >= 15 is 0 Å². The van der Waals surface area contributed by atoms with E-state index in [0.29, 0.717) is 0 Å². The normalized spacial score (nSPS) is 9.25. The van der Waals surface area contributed by atoms with Crippen LogP contribution >= 0.6 is 0 Å². The quantitative estimate of drug-likeness (QED) is 0.617. The molecule has 0 aliphatic rings. The van der Waals surface area contributed by atoms with Gasteiger partial charge in [0.25, 0.3) is 0 Å². The van der Waals surface area contributed by atoms with Crippen molar-refractivity contribution in [1.29, 1.82) is 0 Å². The number of aryl methyl sites for hydroxylation is 1. The van der Waals surface area contributed by atoms with Gasteiger partial charge in [0.15, 0.2) is 0 Å². The van der Waals surface area contributed by atoms with Gasteiger partial charge in [-0.3, -0.25) is 0 Å². The Kier molecular flexibility index (Phi) is 9.89. The Balaban J connectivity index is 0.00000106. The van der Waals surface area contributed by atoms with E-state index in [1.165, 1.54) is 31.2 Å². The second-order valence-electron chi connectivity index (χ2n) is 3.72. The monoisotopic (exact) mass is 222 g/mol. The average Bonchev–Trinajstić information content (AvgIpc) is 2.34. The molecule has 1 heteroatoms. The minimum Gasteiger partial charge on any atom is -0.494 e. The minimum absolute atomic E-state index is 0.850. The van der Waals surface area contributed by atoms with Gasteiger partial charge in [-0.2, -0.15) is 0 Å². The van der Waals surface area contributed by atoms with Crippen molar-refractivity contribution in [2.75, 3.05) is 6.61 Å². The molecule has 0 radical (unpaired) electrons. The predicted octanol–water partition coefficient (Wildman–Crippen LogP) is 4.98. The molecule has 0 bridgehead atoms. The molecule has 0 amide bonds. The van der Waals surface area contributed by atoms with E-state index in [9.17, 15) is 0 Å². The highest BCUT2D eigenvalue weighted by Gasteiger charge is 1.92. The summed E-state index contributed by atoms with van der Waals surface area (Å²) in [6.07, 6.45) is 5.05. The fourth-order valence-corrected chi connectivity index (χ4v) is 1.35. The van der Waals surface area contributed by atoms with E-state index in [1.54, 1.807) is 0 Å². The molecule has 1 nitrogen and oxygen atoms in total. The Morgan fingerprint density at radius 2 is 1.56 bits per heavy atom. The number of unbranched alkanes of at least 4 members (excludes halogenated alkanes) is 3. The maximum Gasteiger partial charge on any atom is 0.119 e. The van der Waals surface area contributed by atoms with Crippen LogP contribution in [0.4, 0.5) is 0 Å². The molecule has 0 atom stereocenters. The van der Waals surface area contributed by atoms with Crippen molar-refractivity contribution in [2.45, 2.75) is 53.4 Å². The summed E-state index contributed by atoms with van der Waals surface area (Å²) in [7, 11) is 0. The third-order valence-corrected chi connectivity index (χ3v) is 2.29. The van der Waals surface area contributed by atoms with E-state index in [0.717, 1.165) is 12.4 Å². The molecule has 0 fully saturated rings. The predicted molar refractivity (Wildman–Crippen MR) is 72.2 cm³/mol. The van der Waals surface area contributed by atoms with Crippen LogP contribution in [-0.2, 0) is 0 Å². The number of hydrogen-bond donors (Lipinski definition) is 0. The molecule has 0 aliphatic heterocycles. The van der Waals surface area contributed by atoms with Gasteiger partial charge in [0.2, 0.25) is 0 Å². The lowest BCUT2D eigenvalue weighted by Crippen LogP contribution is -1.96. The highest BCUT2D eigenvalue weighted by atomic mass is 16.5. The molecule has 1 aromatic carbocycles. The number of benzene rings is 1. The van der Waals surface area contributed by atoms with E-state index < -0.39 is 0 Å². The van der Waals surface area contributed by atoms with Crippen molar-refractivity contribution in [3.05, 3.63) is 29.8 Å². The maximum atomic E-state index is 5.61. The van der Waals surface area contributed by atoms with Gasteiger partial charge in [-0.1, -0.05) is 57.7 Å². The van der Waals surface area contributed by atoms with Gasteiger partial charge in [0.05, 0.1) is 6.61 Å². The van der Waals surface area contributed by atoms with Crippen LogP contribution < -0.4 is 4.74 Å². The zero-order valence-corrected chi connectivity index (χ0v) is 11.3. The van der Waals surface area contributed by atoms with Crippen LogP contribution in [0.1, 0.15) is 52.0 Å². The van der Waals surface area contributed by atoms with E-state index in [2.05, 4.69) is 26.0 Å². The second kappa shape index (κ2) is 10.5. The zero-order chi connectivity index (χ0) is 12.2. The summed E-state index contributed by atoms with van der Waals surface area (Å²) in [6.45, 7) is 9.16. The SMILES string of the molecule is CC.CCCCCCOc1ccc(C)cc1. The first kappa shape index (κ1) is 15.0. The largest absolute Gasteiger partial charge is 0.494 e. The molecule has 0 unspecified atom stereocenters. The lowest BCUT2D eigenvalue weighted by atomic mass is 10.2. The van der Waals surface area contributed by atoms with E-state index in [4.69, 9.17) is 4.74 Å². The lowest BCUT2D eigenvalue weighted by Gasteiger charge is -2.05. The van der Waals surface area contributed by atoms with Gasteiger partial charge >= 0.3 is 0 Å². The number of hydrogen-bond acceptors (Lipinski definition) is 1. The topological polar surface area (TPSA) is 9.23 Å². The average molecular weight is 222 g/mol. The third-order valence-electron chi connectivity index (χ3n) is 2.29. The van der Waals surface area contributed by atoms with Gasteiger partial charge < -0.3 is 4.74 Å². The van der Waals surface area contributed by atoms with E-state index in [-0.39, 0.29) is 0 Å². The Morgan fingerprint density at radius 3 is 2.12 bits per heavy atom. The highest BCUT2D eigenvalue weighted by Crippen LogP contribution is 2.12. The van der Waals surface area contributed by atoms with Crippen LogP contribution in [-0.4, -0.2) is 6.61 Å². The summed E-state index contributed by atoms with van der Waals surface area (Å²) < 4.78 is 5.61.